The van der Waals surface area contributed by atoms with Crippen molar-refractivity contribution in [1.29, 1.82) is 0 Å². The van der Waals surface area contributed by atoms with Gasteiger partial charge in [0.15, 0.2) is 11.6 Å². The van der Waals surface area contributed by atoms with Gasteiger partial charge in [0.2, 0.25) is 0 Å². The number of carbonyl (C=O) groups excluding carboxylic acids is 1. The highest BCUT2D eigenvalue weighted by Gasteiger charge is 2.22. The summed E-state index contributed by atoms with van der Waals surface area (Å²) in [6.45, 7) is 0. The number of halogens is 1. The van der Waals surface area contributed by atoms with Crippen LogP contribution >= 0.6 is 0 Å². The van der Waals surface area contributed by atoms with Gasteiger partial charge in [0.05, 0.1) is 7.11 Å². The predicted octanol–water partition coefficient (Wildman–Crippen LogP) is 3.76. The van der Waals surface area contributed by atoms with Crippen LogP contribution in [-0.4, -0.2) is 19.0 Å². The number of hydrogen-bond acceptors (Lipinski definition) is 4. The van der Waals surface area contributed by atoms with E-state index in [1.807, 2.05) is 18.2 Å². The molecule has 0 aromatic heterocycles. The minimum absolute atomic E-state index is 0.259. The van der Waals surface area contributed by atoms with Gasteiger partial charge in [0, 0.05) is 6.42 Å². The molecule has 1 aliphatic heterocycles. The summed E-state index contributed by atoms with van der Waals surface area (Å²) in [7, 11) is 1.59. The Kier molecular flexibility index (Phi) is 4.70. The molecule has 4 nitrogen and oxygen atoms in total. The van der Waals surface area contributed by atoms with Gasteiger partial charge in [-0.3, -0.25) is 0 Å². The molecule has 0 aliphatic carbocycles. The first-order valence-corrected chi connectivity index (χ1v) is 7.54. The van der Waals surface area contributed by atoms with Crippen molar-refractivity contribution in [2.75, 3.05) is 7.11 Å². The number of methoxy groups -OCH3 is 1. The number of benzene rings is 2. The van der Waals surface area contributed by atoms with Crippen molar-refractivity contribution >= 4 is 17.9 Å². The maximum absolute atomic E-state index is 13.2. The van der Waals surface area contributed by atoms with Gasteiger partial charge in [0.1, 0.15) is 11.6 Å². The molecule has 122 valence electrons. The summed E-state index contributed by atoms with van der Waals surface area (Å²) in [6.07, 6.45) is 2.66. The molecule has 2 aromatic rings. The largest absolute Gasteiger partial charge is 0.497 e. The lowest BCUT2D eigenvalue weighted by molar-refractivity contribution is -0.130. The lowest BCUT2D eigenvalue weighted by atomic mass is 10.1. The summed E-state index contributed by atoms with van der Waals surface area (Å²) in [5.41, 5.74) is 1.92. The van der Waals surface area contributed by atoms with E-state index in [4.69, 9.17) is 9.47 Å². The van der Waals surface area contributed by atoms with Crippen molar-refractivity contribution in [3.63, 3.8) is 0 Å². The van der Waals surface area contributed by atoms with Crippen LogP contribution in [0.2, 0.25) is 0 Å². The molecule has 0 atom stereocenters. The van der Waals surface area contributed by atoms with Crippen molar-refractivity contribution < 1.29 is 18.7 Å². The zero-order valence-corrected chi connectivity index (χ0v) is 13.2. The van der Waals surface area contributed by atoms with E-state index in [1.54, 1.807) is 31.4 Å². The molecule has 0 bridgehead atoms. The monoisotopic (exact) mass is 325 g/mol. The number of ether oxygens (including phenoxy) is 2. The Hall–Kier alpha value is -2.95. The first-order valence-electron chi connectivity index (χ1n) is 7.54. The molecule has 5 heteroatoms. The number of carbonyl (C=O) groups is 1. The van der Waals surface area contributed by atoms with Crippen LogP contribution in [0.5, 0.6) is 5.75 Å². The quantitative estimate of drug-likeness (QED) is 0.621. The van der Waals surface area contributed by atoms with E-state index < -0.39 is 5.97 Å². The second kappa shape index (κ2) is 7.08. The van der Waals surface area contributed by atoms with Gasteiger partial charge in [-0.25, -0.2) is 14.2 Å². The summed E-state index contributed by atoms with van der Waals surface area (Å²) >= 11 is 0. The van der Waals surface area contributed by atoms with Crippen molar-refractivity contribution in [2.45, 2.75) is 12.8 Å². The van der Waals surface area contributed by atoms with E-state index in [1.165, 1.54) is 12.1 Å². The molecule has 0 fully saturated rings. The van der Waals surface area contributed by atoms with E-state index in [0.29, 0.717) is 18.7 Å². The molecular weight excluding hydrogens is 309 g/mol. The average Bonchev–Trinajstić information content (AvgIpc) is 2.94. The molecule has 24 heavy (non-hydrogen) atoms. The van der Waals surface area contributed by atoms with Crippen molar-refractivity contribution in [2.24, 2.45) is 4.99 Å². The summed E-state index contributed by atoms with van der Waals surface area (Å²) in [6, 6.07) is 13.6. The SMILES string of the molecule is COc1ccc(/C=C2/N=C(CCc3cccc(F)c3)OC2=O)cc1. The topological polar surface area (TPSA) is 47.9 Å². The maximum Gasteiger partial charge on any atom is 0.363 e. The lowest BCUT2D eigenvalue weighted by Crippen LogP contribution is -2.05. The molecule has 0 amide bonds. The normalized spacial score (nSPS) is 15.3. The first kappa shape index (κ1) is 15.9. The highest BCUT2D eigenvalue weighted by Crippen LogP contribution is 2.19. The van der Waals surface area contributed by atoms with Gasteiger partial charge in [0.25, 0.3) is 0 Å². The Bertz CT molecular complexity index is 810. The zero-order chi connectivity index (χ0) is 16.9. The van der Waals surface area contributed by atoms with Crippen molar-refractivity contribution in [3.05, 3.63) is 71.2 Å². The Morgan fingerprint density at radius 1 is 1.17 bits per heavy atom. The molecule has 0 saturated carbocycles. The Morgan fingerprint density at radius 3 is 2.67 bits per heavy atom. The third kappa shape index (κ3) is 3.87. The number of nitrogens with zero attached hydrogens (tertiary/aromatic N) is 1. The minimum Gasteiger partial charge on any atom is -0.497 e. The third-order valence-corrected chi connectivity index (χ3v) is 3.60. The lowest BCUT2D eigenvalue weighted by Gasteiger charge is -2.00. The molecular formula is C19H16FNO3. The van der Waals surface area contributed by atoms with E-state index in [-0.39, 0.29) is 11.5 Å². The zero-order valence-electron chi connectivity index (χ0n) is 13.2. The molecule has 0 radical (unpaired) electrons. The van der Waals surface area contributed by atoms with Gasteiger partial charge in [-0.1, -0.05) is 24.3 Å². The summed E-state index contributed by atoms with van der Waals surface area (Å²) in [5.74, 6) is 0.340. The predicted molar refractivity (Wildman–Crippen MR) is 89.2 cm³/mol. The minimum atomic E-state index is -0.472. The van der Waals surface area contributed by atoms with E-state index in [2.05, 4.69) is 4.99 Å². The van der Waals surface area contributed by atoms with Gasteiger partial charge in [-0.15, -0.1) is 0 Å². The molecule has 0 spiro atoms. The van der Waals surface area contributed by atoms with Crippen LogP contribution in [0.3, 0.4) is 0 Å². The van der Waals surface area contributed by atoms with Crippen LogP contribution in [0.25, 0.3) is 6.08 Å². The van der Waals surface area contributed by atoms with Gasteiger partial charge >= 0.3 is 5.97 Å². The van der Waals surface area contributed by atoms with E-state index in [9.17, 15) is 9.18 Å². The second-order valence-corrected chi connectivity index (χ2v) is 5.33. The van der Waals surface area contributed by atoms with Crippen LogP contribution in [0.1, 0.15) is 17.5 Å². The molecule has 1 heterocycles. The van der Waals surface area contributed by atoms with Gasteiger partial charge < -0.3 is 9.47 Å². The summed E-state index contributed by atoms with van der Waals surface area (Å²) in [5, 5.41) is 0. The fourth-order valence-electron chi connectivity index (χ4n) is 2.36. The Balaban J connectivity index is 1.69. The van der Waals surface area contributed by atoms with E-state index >= 15 is 0 Å². The summed E-state index contributed by atoms with van der Waals surface area (Å²) in [4.78, 5) is 16.1. The molecule has 2 aromatic carbocycles. The maximum atomic E-state index is 13.2. The molecule has 0 saturated heterocycles. The Labute approximate surface area is 139 Å². The van der Waals surface area contributed by atoms with Gasteiger partial charge in [-0.05, 0) is 47.9 Å². The molecule has 3 rings (SSSR count). The number of hydrogen-bond donors (Lipinski definition) is 0. The van der Waals surface area contributed by atoms with Crippen LogP contribution in [0.15, 0.2) is 59.2 Å². The Morgan fingerprint density at radius 2 is 1.96 bits per heavy atom. The van der Waals surface area contributed by atoms with Crippen molar-refractivity contribution in [1.82, 2.24) is 0 Å². The van der Waals surface area contributed by atoms with Crippen LogP contribution in [0.4, 0.5) is 4.39 Å². The number of aryl methyl sites for hydroxylation is 1. The summed E-state index contributed by atoms with van der Waals surface area (Å²) < 4.78 is 23.4. The van der Waals surface area contributed by atoms with E-state index in [0.717, 1.165) is 16.9 Å². The third-order valence-electron chi connectivity index (χ3n) is 3.60. The fraction of sp³-hybridized carbons (Fsp3) is 0.158. The fourth-order valence-corrected chi connectivity index (χ4v) is 2.36. The van der Waals surface area contributed by atoms with Crippen molar-refractivity contribution in [3.8, 4) is 5.75 Å². The number of esters is 1. The van der Waals surface area contributed by atoms with Gasteiger partial charge in [-0.2, -0.15) is 0 Å². The van der Waals surface area contributed by atoms with Crippen LogP contribution < -0.4 is 4.74 Å². The second-order valence-electron chi connectivity index (χ2n) is 5.33. The first-order chi connectivity index (χ1) is 11.6. The highest BCUT2D eigenvalue weighted by molar-refractivity contribution is 6.07. The number of rotatable bonds is 5. The average molecular weight is 325 g/mol. The highest BCUT2D eigenvalue weighted by atomic mass is 19.1. The molecule has 1 aliphatic rings. The molecule has 0 unspecified atom stereocenters. The number of aliphatic imine (C=N–C) groups is 1. The van der Waals surface area contributed by atoms with Crippen LogP contribution in [0, 0.1) is 5.82 Å². The van der Waals surface area contributed by atoms with Crippen LogP contribution in [-0.2, 0) is 16.0 Å². The number of cyclic esters (lactones) is 1. The standard InChI is InChI=1S/C19H16FNO3/c1-23-16-8-5-14(6-9-16)12-17-19(22)24-18(21-17)10-7-13-3-2-4-15(20)11-13/h2-6,8-9,11-12H,7,10H2,1H3/b17-12+. The molecule has 0 N–H and O–H groups in total. The smallest absolute Gasteiger partial charge is 0.363 e.